The van der Waals surface area contributed by atoms with E-state index in [9.17, 15) is 0 Å². The van der Waals surface area contributed by atoms with E-state index in [2.05, 4.69) is 26.1 Å². The summed E-state index contributed by atoms with van der Waals surface area (Å²) in [6.45, 7) is 8.33. The summed E-state index contributed by atoms with van der Waals surface area (Å²) in [5.41, 5.74) is 0. The Bertz CT molecular complexity index is 228. The topological polar surface area (TPSA) is 30.5 Å². The number of hydrogen-bond donors (Lipinski definition) is 1. The van der Waals surface area contributed by atoms with Gasteiger partial charge in [-0.3, -0.25) is 0 Å². The average Bonchev–Trinajstić information content (AvgIpc) is 3.02. The van der Waals surface area contributed by atoms with E-state index in [4.69, 9.17) is 9.47 Å². The largest absolute Gasteiger partial charge is 0.376 e. The molecule has 0 spiro atoms. The highest BCUT2D eigenvalue weighted by Crippen LogP contribution is 2.23. The molecule has 1 saturated heterocycles. The van der Waals surface area contributed by atoms with Crippen LogP contribution in [0.4, 0.5) is 0 Å². The predicted molar refractivity (Wildman–Crippen MR) is 69.2 cm³/mol. The third kappa shape index (κ3) is 4.57. The Hall–Kier alpha value is -0.120. The van der Waals surface area contributed by atoms with Gasteiger partial charge in [0.25, 0.3) is 0 Å². The van der Waals surface area contributed by atoms with Gasteiger partial charge in [-0.1, -0.05) is 13.8 Å². The van der Waals surface area contributed by atoms with Gasteiger partial charge < -0.3 is 14.8 Å². The molecule has 0 radical (unpaired) electrons. The first-order valence-corrected chi connectivity index (χ1v) is 7.15. The van der Waals surface area contributed by atoms with Crippen molar-refractivity contribution in [2.75, 3.05) is 13.2 Å². The summed E-state index contributed by atoms with van der Waals surface area (Å²) >= 11 is 0. The van der Waals surface area contributed by atoms with Crippen LogP contribution >= 0.6 is 0 Å². The van der Waals surface area contributed by atoms with Crippen LogP contribution in [0.1, 0.15) is 46.5 Å². The van der Waals surface area contributed by atoms with Gasteiger partial charge in [0.1, 0.15) is 0 Å². The van der Waals surface area contributed by atoms with Crippen LogP contribution in [0.25, 0.3) is 0 Å². The molecule has 0 aromatic carbocycles. The van der Waals surface area contributed by atoms with Gasteiger partial charge in [-0.15, -0.1) is 0 Å². The number of ether oxygens (including phenoxy) is 2. The molecule has 1 heterocycles. The summed E-state index contributed by atoms with van der Waals surface area (Å²) in [5.74, 6) is 0.587. The summed E-state index contributed by atoms with van der Waals surface area (Å²) < 4.78 is 11.8. The molecule has 1 N–H and O–H groups in total. The molecule has 3 heteroatoms. The maximum atomic E-state index is 5.98. The van der Waals surface area contributed by atoms with Crippen LogP contribution in [-0.2, 0) is 9.47 Å². The Balaban J connectivity index is 1.56. The van der Waals surface area contributed by atoms with Gasteiger partial charge in [0.2, 0.25) is 0 Å². The molecule has 3 nitrogen and oxygen atoms in total. The Morgan fingerprint density at radius 3 is 2.47 bits per heavy atom. The van der Waals surface area contributed by atoms with Gasteiger partial charge in [0, 0.05) is 12.6 Å². The van der Waals surface area contributed by atoms with E-state index in [1.165, 1.54) is 19.3 Å². The van der Waals surface area contributed by atoms with Crippen LogP contribution < -0.4 is 5.32 Å². The van der Waals surface area contributed by atoms with E-state index in [0.29, 0.717) is 24.2 Å². The zero-order valence-corrected chi connectivity index (χ0v) is 11.4. The molecule has 0 bridgehead atoms. The highest BCUT2D eigenvalue weighted by Gasteiger charge is 2.28. The van der Waals surface area contributed by atoms with E-state index in [1.807, 2.05) is 0 Å². The lowest BCUT2D eigenvalue weighted by molar-refractivity contribution is -0.0474. The molecule has 0 aromatic heterocycles. The Morgan fingerprint density at radius 1 is 1.12 bits per heavy atom. The van der Waals surface area contributed by atoms with Crippen LogP contribution in [0.15, 0.2) is 0 Å². The van der Waals surface area contributed by atoms with Crippen LogP contribution in [-0.4, -0.2) is 37.5 Å². The normalized spacial score (nSPS) is 31.1. The van der Waals surface area contributed by atoms with Crippen molar-refractivity contribution in [3.05, 3.63) is 0 Å². The maximum absolute atomic E-state index is 5.98. The second-order valence-electron chi connectivity index (χ2n) is 5.92. The molecule has 1 saturated carbocycles. The SMILES string of the molecule is CC(C)C(C)OCC1CCC(CNC2CC2)O1. The van der Waals surface area contributed by atoms with Gasteiger partial charge in [-0.2, -0.15) is 0 Å². The standard InChI is InChI=1S/C14H27NO2/c1-10(2)11(3)16-9-14-7-6-13(17-14)8-15-12-4-5-12/h10-15H,4-9H2,1-3H3. The molecule has 17 heavy (non-hydrogen) atoms. The van der Waals surface area contributed by atoms with Crippen molar-refractivity contribution in [3.8, 4) is 0 Å². The summed E-state index contributed by atoms with van der Waals surface area (Å²) in [5, 5.41) is 3.54. The van der Waals surface area contributed by atoms with Crippen molar-refractivity contribution in [2.45, 2.75) is 70.8 Å². The van der Waals surface area contributed by atoms with Crippen LogP contribution in [0.3, 0.4) is 0 Å². The van der Waals surface area contributed by atoms with Gasteiger partial charge in [-0.05, 0) is 38.5 Å². The van der Waals surface area contributed by atoms with E-state index in [0.717, 1.165) is 25.6 Å². The summed E-state index contributed by atoms with van der Waals surface area (Å²) in [6.07, 6.45) is 6.12. The fourth-order valence-electron chi connectivity index (χ4n) is 2.09. The van der Waals surface area contributed by atoms with E-state index < -0.39 is 0 Å². The molecule has 100 valence electrons. The van der Waals surface area contributed by atoms with E-state index in [-0.39, 0.29) is 0 Å². The predicted octanol–water partition coefficient (Wildman–Crippen LogP) is 2.35. The summed E-state index contributed by atoms with van der Waals surface area (Å²) in [4.78, 5) is 0. The Morgan fingerprint density at radius 2 is 1.82 bits per heavy atom. The molecule has 1 aliphatic carbocycles. The Labute approximate surface area is 105 Å². The molecule has 1 aliphatic heterocycles. The van der Waals surface area contributed by atoms with Crippen LogP contribution in [0, 0.1) is 5.92 Å². The monoisotopic (exact) mass is 241 g/mol. The second kappa shape index (κ2) is 6.17. The quantitative estimate of drug-likeness (QED) is 0.742. The highest BCUT2D eigenvalue weighted by atomic mass is 16.5. The maximum Gasteiger partial charge on any atom is 0.0814 e. The smallest absolute Gasteiger partial charge is 0.0814 e. The molecule has 2 aliphatic rings. The van der Waals surface area contributed by atoms with Crippen molar-refractivity contribution in [1.82, 2.24) is 5.32 Å². The van der Waals surface area contributed by atoms with Crippen molar-refractivity contribution in [1.29, 1.82) is 0 Å². The fraction of sp³-hybridized carbons (Fsp3) is 1.00. The van der Waals surface area contributed by atoms with Crippen molar-refractivity contribution < 1.29 is 9.47 Å². The number of rotatable bonds is 7. The molecule has 2 rings (SSSR count). The first kappa shape index (κ1) is 13.3. The molecule has 3 atom stereocenters. The third-order valence-electron chi connectivity index (χ3n) is 3.89. The van der Waals surface area contributed by atoms with Crippen LogP contribution in [0.5, 0.6) is 0 Å². The summed E-state index contributed by atoms with van der Waals surface area (Å²) in [7, 11) is 0. The zero-order chi connectivity index (χ0) is 12.3. The molecular weight excluding hydrogens is 214 g/mol. The van der Waals surface area contributed by atoms with Crippen molar-refractivity contribution >= 4 is 0 Å². The van der Waals surface area contributed by atoms with E-state index >= 15 is 0 Å². The lowest BCUT2D eigenvalue weighted by Gasteiger charge is -2.20. The fourth-order valence-corrected chi connectivity index (χ4v) is 2.09. The molecule has 2 fully saturated rings. The highest BCUT2D eigenvalue weighted by molar-refractivity contribution is 4.84. The van der Waals surface area contributed by atoms with Gasteiger partial charge in [0.15, 0.2) is 0 Å². The minimum absolute atomic E-state index is 0.321. The van der Waals surface area contributed by atoms with E-state index in [1.54, 1.807) is 0 Å². The van der Waals surface area contributed by atoms with Crippen molar-refractivity contribution in [3.63, 3.8) is 0 Å². The third-order valence-corrected chi connectivity index (χ3v) is 3.89. The second-order valence-corrected chi connectivity index (χ2v) is 5.92. The van der Waals surface area contributed by atoms with Crippen molar-refractivity contribution in [2.24, 2.45) is 5.92 Å². The molecule has 3 unspecified atom stereocenters. The minimum atomic E-state index is 0.321. The molecule has 0 amide bonds. The minimum Gasteiger partial charge on any atom is -0.376 e. The Kier molecular flexibility index (Phi) is 4.83. The van der Waals surface area contributed by atoms with Crippen LogP contribution in [0.2, 0.25) is 0 Å². The lowest BCUT2D eigenvalue weighted by atomic mass is 10.1. The van der Waals surface area contributed by atoms with Gasteiger partial charge >= 0.3 is 0 Å². The average molecular weight is 241 g/mol. The zero-order valence-electron chi connectivity index (χ0n) is 11.4. The first-order chi connectivity index (χ1) is 8.15. The lowest BCUT2D eigenvalue weighted by Crippen LogP contribution is -2.30. The van der Waals surface area contributed by atoms with Gasteiger partial charge in [-0.25, -0.2) is 0 Å². The number of nitrogens with one attached hydrogen (secondary N) is 1. The number of hydrogen-bond acceptors (Lipinski definition) is 3. The van der Waals surface area contributed by atoms with Gasteiger partial charge in [0.05, 0.1) is 24.9 Å². The first-order valence-electron chi connectivity index (χ1n) is 7.15. The summed E-state index contributed by atoms with van der Waals surface area (Å²) in [6, 6.07) is 0.787. The molecular formula is C14H27NO2. The molecule has 0 aromatic rings.